The van der Waals surface area contributed by atoms with Gasteiger partial charge in [0.05, 0.1) is 0 Å². The third kappa shape index (κ3) is 5.93. The third-order valence-electron chi connectivity index (χ3n) is 0.306. The monoisotopic (exact) mass is 156 g/mol. The Labute approximate surface area is 52.0 Å². The summed E-state index contributed by atoms with van der Waals surface area (Å²) in [5.74, 6) is -0.921. The van der Waals surface area contributed by atoms with Crippen LogP contribution in [0.2, 0.25) is 0 Å². The Kier molecular flexibility index (Phi) is 2.45. The number of carbonyl (C=O) groups is 1. The van der Waals surface area contributed by atoms with Crippen molar-refractivity contribution in [2.75, 3.05) is 5.75 Å². The second-order valence-electron chi connectivity index (χ2n) is 1.12. The van der Waals surface area contributed by atoms with Crippen LogP contribution in [0, 0.1) is 0 Å². The Balaban J connectivity index is 3.95. The van der Waals surface area contributed by atoms with E-state index < -0.39 is 21.0 Å². The van der Waals surface area contributed by atoms with E-state index in [0.717, 1.165) is 0 Å². The molecule has 0 rings (SSSR count). The number of carbonyl (C=O) groups excluding carboxylic acids is 1. The quantitative estimate of drug-likeness (QED) is 0.411. The van der Waals surface area contributed by atoms with Crippen LogP contribution in [0.3, 0.4) is 0 Å². The van der Waals surface area contributed by atoms with Gasteiger partial charge < -0.3 is 0 Å². The molecule has 0 aromatic carbocycles. The van der Waals surface area contributed by atoms with E-state index in [1.54, 1.807) is 0 Å². The summed E-state index contributed by atoms with van der Waals surface area (Å²) in [7, 11) is -4.15. The Morgan fingerprint density at radius 2 is 2.00 bits per heavy atom. The Morgan fingerprint density at radius 3 is 2.00 bits per heavy atom. The molecule has 0 atom stereocenters. The van der Waals surface area contributed by atoms with Crippen LogP contribution < -0.4 is 0 Å². The zero-order chi connectivity index (χ0) is 6.78. The van der Waals surface area contributed by atoms with E-state index in [0.29, 0.717) is 0 Å². The third-order valence-corrected chi connectivity index (χ3v) is 1.30. The Bertz CT molecular complexity index is 178. The van der Waals surface area contributed by atoms with Gasteiger partial charge >= 0.3 is 0 Å². The molecule has 0 aliphatic rings. The minimum atomic E-state index is -4.15. The van der Waals surface area contributed by atoms with Gasteiger partial charge in [-0.3, -0.25) is 9.35 Å². The standard InChI is InChI=1S/C2H4O4S2/c3-2(7)1-8(4,5)6/h1H2,(H,3,7)(H,4,5,6). The molecule has 1 N–H and O–H groups in total. The molecule has 0 radical (unpaired) electrons. The molecular weight excluding hydrogens is 152 g/mol. The lowest BCUT2D eigenvalue weighted by molar-refractivity contribution is -0.108. The summed E-state index contributed by atoms with van der Waals surface area (Å²) in [4.78, 5) is 9.78. The summed E-state index contributed by atoms with van der Waals surface area (Å²) in [6.07, 6.45) is 0. The van der Waals surface area contributed by atoms with Crippen LogP contribution in [0.5, 0.6) is 0 Å². The van der Waals surface area contributed by atoms with Crippen molar-refractivity contribution in [3.05, 3.63) is 0 Å². The lowest BCUT2D eigenvalue weighted by atomic mass is 10.9. The maximum atomic E-state index is 9.78. The first kappa shape index (κ1) is 7.93. The summed E-state index contributed by atoms with van der Waals surface area (Å²) >= 11 is 3.11. The molecule has 6 heteroatoms. The molecule has 8 heavy (non-hydrogen) atoms. The zero-order valence-corrected chi connectivity index (χ0v) is 5.45. The van der Waals surface area contributed by atoms with E-state index in [1.165, 1.54) is 0 Å². The minimum Gasteiger partial charge on any atom is -0.286 e. The molecule has 0 fully saturated rings. The van der Waals surface area contributed by atoms with E-state index in [2.05, 4.69) is 12.6 Å². The van der Waals surface area contributed by atoms with Crippen molar-refractivity contribution in [2.24, 2.45) is 0 Å². The number of thiol groups is 1. The highest BCUT2D eigenvalue weighted by Crippen LogP contribution is 1.85. The summed E-state index contributed by atoms with van der Waals surface area (Å²) in [5, 5.41) is -0.868. The molecule has 0 saturated carbocycles. The fourth-order valence-electron chi connectivity index (χ4n) is 0.156. The van der Waals surface area contributed by atoms with Crippen molar-refractivity contribution in [3.63, 3.8) is 0 Å². The molecule has 0 aliphatic heterocycles. The van der Waals surface area contributed by atoms with Gasteiger partial charge in [0.25, 0.3) is 10.1 Å². The largest absolute Gasteiger partial charge is 0.286 e. The second-order valence-corrected chi connectivity index (χ2v) is 3.07. The van der Waals surface area contributed by atoms with E-state index >= 15 is 0 Å². The number of rotatable bonds is 2. The van der Waals surface area contributed by atoms with Crippen molar-refractivity contribution in [3.8, 4) is 0 Å². The topological polar surface area (TPSA) is 71.4 Å². The molecule has 0 aromatic rings. The highest BCUT2D eigenvalue weighted by molar-refractivity contribution is 7.99. The van der Waals surface area contributed by atoms with Crippen molar-refractivity contribution in [1.82, 2.24) is 0 Å². The molecule has 0 saturated heterocycles. The van der Waals surface area contributed by atoms with Gasteiger partial charge in [-0.25, -0.2) is 0 Å². The molecule has 0 bridgehead atoms. The fraction of sp³-hybridized carbons (Fsp3) is 0.500. The van der Waals surface area contributed by atoms with Gasteiger partial charge in [-0.2, -0.15) is 8.42 Å². The van der Waals surface area contributed by atoms with Gasteiger partial charge in [-0.05, 0) is 0 Å². The van der Waals surface area contributed by atoms with Gasteiger partial charge in [0.2, 0.25) is 5.12 Å². The van der Waals surface area contributed by atoms with E-state index in [9.17, 15) is 13.2 Å². The van der Waals surface area contributed by atoms with Gasteiger partial charge in [-0.1, -0.05) is 0 Å². The summed E-state index contributed by atoms with van der Waals surface area (Å²) < 4.78 is 27.3. The fourth-order valence-corrected chi connectivity index (χ4v) is 0.958. The first-order valence-corrected chi connectivity index (χ1v) is 3.64. The SMILES string of the molecule is O=C(S)CS(=O)(=O)O. The molecular formula is C2H4O4S2. The van der Waals surface area contributed by atoms with Gasteiger partial charge in [0, 0.05) is 0 Å². The molecule has 0 heterocycles. The molecule has 0 amide bonds. The van der Waals surface area contributed by atoms with Crippen LogP contribution in [-0.2, 0) is 14.9 Å². The molecule has 4 nitrogen and oxygen atoms in total. The van der Waals surface area contributed by atoms with E-state index in [4.69, 9.17) is 4.55 Å². The Hall–Kier alpha value is -0.0700. The van der Waals surface area contributed by atoms with Crippen molar-refractivity contribution < 1.29 is 17.8 Å². The van der Waals surface area contributed by atoms with Gasteiger partial charge in [-0.15, -0.1) is 12.6 Å². The normalized spacial score (nSPS) is 11.2. The first-order chi connectivity index (χ1) is 3.42. The van der Waals surface area contributed by atoms with Crippen LogP contribution in [-0.4, -0.2) is 23.8 Å². The lowest BCUT2D eigenvalue weighted by Crippen LogP contribution is -2.09. The molecule has 0 spiro atoms. The molecule has 0 aromatic heterocycles. The van der Waals surface area contributed by atoms with E-state index in [1.807, 2.05) is 0 Å². The smallest absolute Gasteiger partial charge is 0.272 e. The minimum absolute atomic E-state index is 0.868. The highest BCUT2D eigenvalue weighted by atomic mass is 32.2. The lowest BCUT2D eigenvalue weighted by Gasteiger charge is -1.85. The number of hydrogen-bond donors (Lipinski definition) is 2. The average Bonchev–Trinajstić information content (AvgIpc) is 1.21. The summed E-state index contributed by atoms with van der Waals surface area (Å²) in [6, 6.07) is 0. The zero-order valence-electron chi connectivity index (χ0n) is 3.73. The van der Waals surface area contributed by atoms with Crippen molar-refractivity contribution in [1.29, 1.82) is 0 Å². The summed E-state index contributed by atoms with van der Waals surface area (Å²) in [5.41, 5.74) is 0. The van der Waals surface area contributed by atoms with Crippen molar-refractivity contribution >= 4 is 27.9 Å². The molecule has 48 valence electrons. The maximum Gasteiger partial charge on any atom is 0.272 e. The molecule has 0 aliphatic carbocycles. The molecule has 0 unspecified atom stereocenters. The van der Waals surface area contributed by atoms with Crippen LogP contribution in [0.4, 0.5) is 0 Å². The predicted octanol–water partition coefficient (Wildman–Crippen LogP) is -0.669. The van der Waals surface area contributed by atoms with Crippen LogP contribution in [0.1, 0.15) is 0 Å². The van der Waals surface area contributed by atoms with Gasteiger partial charge in [0.15, 0.2) is 0 Å². The second kappa shape index (κ2) is 2.47. The van der Waals surface area contributed by atoms with Crippen LogP contribution in [0.25, 0.3) is 0 Å². The van der Waals surface area contributed by atoms with Crippen LogP contribution in [0.15, 0.2) is 0 Å². The predicted molar refractivity (Wildman–Crippen MR) is 30.4 cm³/mol. The van der Waals surface area contributed by atoms with Crippen LogP contribution >= 0.6 is 12.6 Å². The Morgan fingerprint density at radius 1 is 1.62 bits per heavy atom. The maximum absolute atomic E-state index is 9.78. The van der Waals surface area contributed by atoms with Gasteiger partial charge in [0.1, 0.15) is 5.75 Å². The van der Waals surface area contributed by atoms with E-state index in [-0.39, 0.29) is 0 Å². The average molecular weight is 156 g/mol. The first-order valence-electron chi connectivity index (χ1n) is 1.59. The number of hydrogen-bond acceptors (Lipinski definition) is 3. The summed E-state index contributed by atoms with van der Waals surface area (Å²) in [6.45, 7) is 0. The van der Waals surface area contributed by atoms with Crippen molar-refractivity contribution in [2.45, 2.75) is 0 Å². The highest BCUT2D eigenvalue weighted by Gasteiger charge is 2.07.